The summed E-state index contributed by atoms with van der Waals surface area (Å²) in [6, 6.07) is 5.59. The second-order valence-corrected chi connectivity index (χ2v) is 3.65. The van der Waals surface area contributed by atoms with Crippen LogP contribution in [0.15, 0.2) is 18.2 Å². The molecule has 0 saturated carbocycles. The molecule has 0 unspecified atom stereocenters. The highest BCUT2D eigenvalue weighted by Crippen LogP contribution is 2.30. The summed E-state index contributed by atoms with van der Waals surface area (Å²) in [6.07, 6.45) is 1.75. The van der Waals surface area contributed by atoms with Gasteiger partial charge in [-0.15, -0.1) is 0 Å². The smallest absolute Gasteiger partial charge is 0.123 e. The molecule has 0 saturated heterocycles. The van der Waals surface area contributed by atoms with Gasteiger partial charge in [-0.25, -0.2) is 0 Å². The Morgan fingerprint density at radius 3 is 2.56 bits per heavy atom. The molecule has 0 heterocycles. The minimum absolute atomic E-state index is 0.0615. The summed E-state index contributed by atoms with van der Waals surface area (Å²) >= 11 is 0. The van der Waals surface area contributed by atoms with Crippen molar-refractivity contribution in [2.75, 3.05) is 20.8 Å². The van der Waals surface area contributed by atoms with Gasteiger partial charge in [0.05, 0.1) is 14.2 Å². The van der Waals surface area contributed by atoms with Crippen molar-refractivity contribution >= 4 is 0 Å². The number of nitrogens with two attached hydrogens (primary N) is 2. The average Bonchev–Trinajstić information content (AvgIpc) is 2.35. The molecular weight excluding hydrogens is 204 g/mol. The highest BCUT2D eigenvalue weighted by atomic mass is 16.5. The van der Waals surface area contributed by atoms with Crippen molar-refractivity contribution in [2.45, 2.75) is 18.9 Å². The number of ether oxygens (including phenoxy) is 2. The maximum Gasteiger partial charge on any atom is 0.123 e. The Kier molecular flexibility index (Phi) is 5.08. The molecule has 0 fully saturated rings. The molecule has 16 heavy (non-hydrogen) atoms. The summed E-state index contributed by atoms with van der Waals surface area (Å²) in [5.74, 6) is 1.59. The van der Waals surface area contributed by atoms with Crippen molar-refractivity contribution in [3.05, 3.63) is 23.8 Å². The van der Waals surface area contributed by atoms with E-state index in [4.69, 9.17) is 20.9 Å². The molecule has 1 rings (SSSR count). The van der Waals surface area contributed by atoms with Gasteiger partial charge in [-0.2, -0.15) is 0 Å². The molecule has 0 aromatic heterocycles. The molecule has 1 aromatic carbocycles. The van der Waals surface area contributed by atoms with Crippen LogP contribution in [0.1, 0.15) is 24.4 Å². The van der Waals surface area contributed by atoms with Gasteiger partial charge in [0.1, 0.15) is 11.5 Å². The Bertz CT molecular complexity index is 329. The molecular formula is C12H20N2O2. The second kappa shape index (κ2) is 6.35. The third-order valence-electron chi connectivity index (χ3n) is 2.56. The van der Waals surface area contributed by atoms with E-state index < -0.39 is 0 Å². The first-order valence-electron chi connectivity index (χ1n) is 5.40. The molecule has 1 atom stereocenters. The van der Waals surface area contributed by atoms with Gasteiger partial charge in [0.15, 0.2) is 0 Å². The molecule has 0 aliphatic rings. The van der Waals surface area contributed by atoms with E-state index in [9.17, 15) is 0 Å². The van der Waals surface area contributed by atoms with Gasteiger partial charge in [0.25, 0.3) is 0 Å². The van der Waals surface area contributed by atoms with Crippen LogP contribution in [-0.4, -0.2) is 20.8 Å². The lowest BCUT2D eigenvalue weighted by Crippen LogP contribution is -2.13. The third kappa shape index (κ3) is 3.12. The number of benzene rings is 1. The van der Waals surface area contributed by atoms with Crippen molar-refractivity contribution in [1.29, 1.82) is 0 Å². The Balaban J connectivity index is 2.89. The molecule has 0 amide bonds. The standard InChI is InChI=1S/C12H20N2O2/c1-15-9-5-6-12(16-2)10(8-9)11(14)4-3-7-13/h5-6,8,11H,3-4,7,13-14H2,1-2H3/t11-/m1/s1. The second-order valence-electron chi connectivity index (χ2n) is 3.65. The summed E-state index contributed by atoms with van der Waals surface area (Å²) in [7, 11) is 3.28. The van der Waals surface area contributed by atoms with Crippen LogP contribution >= 0.6 is 0 Å². The summed E-state index contributed by atoms with van der Waals surface area (Å²) in [4.78, 5) is 0. The van der Waals surface area contributed by atoms with Gasteiger partial charge in [0, 0.05) is 11.6 Å². The summed E-state index contributed by atoms with van der Waals surface area (Å²) in [5.41, 5.74) is 12.5. The zero-order valence-electron chi connectivity index (χ0n) is 9.90. The quantitative estimate of drug-likeness (QED) is 0.767. The first-order valence-corrected chi connectivity index (χ1v) is 5.40. The van der Waals surface area contributed by atoms with Gasteiger partial charge in [-0.05, 0) is 37.6 Å². The predicted molar refractivity (Wildman–Crippen MR) is 64.8 cm³/mol. The zero-order chi connectivity index (χ0) is 12.0. The van der Waals surface area contributed by atoms with Gasteiger partial charge >= 0.3 is 0 Å². The van der Waals surface area contributed by atoms with Crippen molar-refractivity contribution in [3.63, 3.8) is 0 Å². The molecule has 1 aromatic rings. The van der Waals surface area contributed by atoms with E-state index in [1.165, 1.54) is 0 Å². The van der Waals surface area contributed by atoms with Crippen LogP contribution in [0.25, 0.3) is 0 Å². The Labute approximate surface area is 96.5 Å². The van der Waals surface area contributed by atoms with E-state index in [0.29, 0.717) is 6.54 Å². The van der Waals surface area contributed by atoms with E-state index in [2.05, 4.69) is 0 Å². The fourth-order valence-corrected chi connectivity index (χ4v) is 1.62. The maximum absolute atomic E-state index is 6.09. The third-order valence-corrected chi connectivity index (χ3v) is 2.56. The Morgan fingerprint density at radius 1 is 1.25 bits per heavy atom. The molecule has 4 N–H and O–H groups in total. The largest absolute Gasteiger partial charge is 0.497 e. The van der Waals surface area contributed by atoms with Gasteiger partial charge in [-0.3, -0.25) is 0 Å². The number of hydrogen-bond donors (Lipinski definition) is 2. The fraction of sp³-hybridized carbons (Fsp3) is 0.500. The van der Waals surface area contributed by atoms with Crippen LogP contribution in [0.4, 0.5) is 0 Å². The molecule has 0 radical (unpaired) electrons. The van der Waals surface area contributed by atoms with Crippen LogP contribution in [0.3, 0.4) is 0 Å². The Hall–Kier alpha value is -1.26. The van der Waals surface area contributed by atoms with Gasteiger partial charge in [-0.1, -0.05) is 0 Å². The van der Waals surface area contributed by atoms with E-state index in [0.717, 1.165) is 29.9 Å². The van der Waals surface area contributed by atoms with Crippen molar-refractivity contribution < 1.29 is 9.47 Å². The maximum atomic E-state index is 6.09. The number of hydrogen-bond acceptors (Lipinski definition) is 4. The molecule has 4 heteroatoms. The molecule has 0 aliphatic carbocycles. The van der Waals surface area contributed by atoms with Gasteiger partial charge in [0.2, 0.25) is 0 Å². The van der Waals surface area contributed by atoms with Crippen molar-refractivity contribution in [3.8, 4) is 11.5 Å². The van der Waals surface area contributed by atoms with E-state index in [-0.39, 0.29) is 6.04 Å². The molecule has 0 spiro atoms. The number of methoxy groups -OCH3 is 2. The van der Waals surface area contributed by atoms with Crippen molar-refractivity contribution in [1.82, 2.24) is 0 Å². The first-order chi connectivity index (χ1) is 7.72. The predicted octanol–water partition coefficient (Wildman–Crippen LogP) is 1.44. The SMILES string of the molecule is COc1ccc(OC)c([C@H](N)CCCN)c1. The first kappa shape index (κ1) is 12.8. The number of rotatable bonds is 6. The zero-order valence-corrected chi connectivity index (χ0v) is 9.90. The van der Waals surface area contributed by atoms with Crippen LogP contribution in [0.5, 0.6) is 11.5 Å². The van der Waals surface area contributed by atoms with E-state index in [1.807, 2.05) is 18.2 Å². The Morgan fingerprint density at radius 2 is 2.00 bits per heavy atom. The lowest BCUT2D eigenvalue weighted by molar-refractivity contribution is 0.393. The lowest BCUT2D eigenvalue weighted by Gasteiger charge is -2.16. The molecule has 0 aliphatic heterocycles. The summed E-state index contributed by atoms with van der Waals surface area (Å²) in [5, 5.41) is 0. The van der Waals surface area contributed by atoms with Crippen molar-refractivity contribution in [2.24, 2.45) is 11.5 Å². The minimum Gasteiger partial charge on any atom is -0.497 e. The normalized spacial score (nSPS) is 12.2. The van der Waals surface area contributed by atoms with E-state index >= 15 is 0 Å². The topological polar surface area (TPSA) is 70.5 Å². The van der Waals surface area contributed by atoms with Crippen LogP contribution in [0, 0.1) is 0 Å². The van der Waals surface area contributed by atoms with E-state index in [1.54, 1.807) is 14.2 Å². The van der Waals surface area contributed by atoms with Crippen LogP contribution in [0.2, 0.25) is 0 Å². The minimum atomic E-state index is -0.0615. The average molecular weight is 224 g/mol. The van der Waals surface area contributed by atoms with Crippen LogP contribution < -0.4 is 20.9 Å². The fourth-order valence-electron chi connectivity index (χ4n) is 1.62. The summed E-state index contributed by atoms with van der Waals surface area (Å²) < 4.78 is 10.5. The molecule has 0 bridgehead atoms. The van der Waals surface area contributed by atoms with Gasteiger partial charge < -0.3 is 20.9 Å². The van der Waals surface area contributed by atoms with Crippen LogP contribution in [-0.2, 0) is 0 Å². The lowest BCUT2D eigenvalue weighted by atomic mass is 10.0. The summed E-state index contributed by atoms with van der Waals surface area (Å²) in [6.45, 7) is 0.653. The molecule has 90 valence electrons. The monoisotopic (exact) mass is 224 g/mol. The highest BCUT2D eigenvalue weighted by molar-refractivity contribution is 5.42. The highest BCUT2D eigenvalue weighted by Gasteiger charge is 2.12. The molecule has 4 nitrogen and oxygen atoms in total.